The summed E-state index contributed by atoms with van der Waals surface area (Å²) < 4.78 is 17.3. The first kappa shape index (κ1) is 25.1. The van der Waals surface area contributed by atoms with E-state index in [-0.39, 0.29) is 12.0 Å². The first-order valence-electron chi connectivity index (χ1n) is 13.4. The molecule has 0 spiro atoms. The molecule has 0 bridgehead atoms. The second-order valence-corrected chi connectivity index (χ2v) is 11.0. The average Bonchev–Trinajstić information content (AvgIpc) is 2.90. The topological polar surface area (TPSA) is 60.0 Å². The van der Waals surface area contributed by atoms with Crippen molar-refractivity contribution >= 4 is 5.97 Å². The molecule has 5 rings (SSSR count). The molecule has 1 unspecified atom stereocenters. The number of hydrogen-bond donors (Lipinski definition) is 1. The fourth-order valence-corrected chi connectivity index (χ4v) is 6.57. The van der Waals surface area contributed by atoms with E-state index in [1.165, 1.54) is 16.7 Å². The van der Waals surface area contributed by atoms with Crippen molar-refractivity contribution in [1.29, 1.82) is 0 Å². The maximum absolute atomic E-state index is 13.2. The molecule has 0 aromatic heterocycles. The third-order valence-electron chi connectivity index (χ3n) is 8.33. The minimum Gasteiger partial charge on any atom is -0.493 e. The highest BCUT2D eigenvalue weighted by molar-refractivity contribution is 5.78. The predicted molar refractivity (Wildman–Crippen MR) is 140 cm³/mol. The Morgan fingerprint density at radius 3 is 2.58 bits per heavy atom. The van der Waals surface area contributed by atoms with Crippen LogP contribution in [0, 0.1) is 17.8 Å². The van der Waals surface area contributed by atoms with Gasteiger partial charge in [0.25, 0.3) is 0 Å². The number of ether oxygens (including phenoxy) is 3. The van der Waals surface area contributed by atoms with Gasteiger partial charge >= 0.3 is 5.97 Å². The van der Waals surface area contributed by atoms with Gasteiger partial charge in [-0.3, -0.25) is 4.90 Å². The highest BCUT2D eigenvalue weighted by Gasteiger charge is 2.40. The highest BCUT2D eigenvalue weighted by atomic mass is 16.5. The van der Waals surface area contributed by atoms with Gasteiger partial charge in [0.15, 0.2) is 11.5 Å². The highest BCUT2D eigenvalue weighted by Crippen LogP contribution is 2.45. The van der Waals surface area contributed by atoms with Crippen LogP contribution in [0.15, 0.2) is 36.4 Å². The van der Waals surface area contributed by atoms with Gasteiger partial charge in [-0.15, -0.1) is 0 Å². The number of carbonyl (C=O) groups excluding carboxylic acids is 1. The summed E-state index contributed by atoms with van der Waals surface area (Å²) in [5.41, 5.74) is 4.98. The molecule has 2 aromatic rings. The van der Waals surface area contributed by atoms with Gasteiger partial charge in [-0.25, -0.2) is 4.79 Å². The predicted octanol–water partition coefficient (Wildman–Crippen LogP) is 4.72. The third-order valence-corrected chi connectivity index (χ3v) is 8.33. The zero-order valence-electron chi connectivity index (χ0n) is 22.1. The van der Waals surface area contributed by atoms with Gasteiger partial charge in [-0.1, -0.05) is 38.1 Å². The Kier molecular flexibility index (Phi) is 7.54. The lowest BCUT2D eigenvalue weighted by atomic mass is 9.74. The van der Waals surface area contributed by atoms with Crippen LogP contribution in [0.3, 0.4) is 0 Å². The normalized spacial score (nSPS) is 25.5. The number of hydrogen-bond acceptors (Lipinski definition) is 6. The quantitative estimate of drug-likeness (QED) is 0.565. The first-order valence-corrected chi connectivity index (χ1v) is 13.4. The van der Waals surface area contributed by atoms with E-state index in [4.69, 9.17) is 14.2 Å². The molecule has 0 amide bonds. The Labute approximate surface area is 215 Å². The van der Waals surface area contributed by atoms with Crippen molar-refractivity contribution in [2.45, 2.75) is 51.6 Å². The lowest BCUT2D eigenvalue weighted by Gasteiger charge is -2.47. The zero-order chi connectivity index (χ0) is 25.2. The number of nitrogens with zero attached hydrogens (tertiary/aromatic N) is 1. The average molecular weight is 493 g/mol. The van der Waals surface area contributed by atoms with E-state index in [9.17, 15) is 4.79 Å². The van der Waals surface area contributed by atoms with Crippen molar-refractivity contribution in [3.05, 3.63) is 58.7 Å². The number of nitrogens with one attached hydrogen (secondary N) is 1. The van der Waals surface area contributed by atoms with E-state index < -0.39 is 0 Å². The van der Waals surface area contributed by atoms with Gasteiger partial charge in [0.1, 0.15) is 6.04 Å². The standard InChI is InChI=1S/C30H40N2O4/c1-19(2)13-22-17-32-12-10-21-15-27(34-3)28(35-4)16-25(21)26(32)14-23(22)18-36-30(33)29-24-8-6-5-7-20(24)9-11-31-29/h5-8,15-16,19,22-23,26,29,31H,9-14,17-18H2,1-4H3/t22-,23+,26-,29?/m1/s1. The summed E-state index contributed by atoms with van der Waals surface area (Å²) in [4.78, 5) is 15.9. The number of piperidine rings is 1. The minimum absolute atomic E-state index is 0.150. The van der Waals surface area contributed by atoms with Crippen LogP contribution in [0.1, 0.15) is 61.0 Å². The molecule has 3 heterocycles. The molecule has 6 heteroatoms. The van der Waals surface area contributed by atoms with Gasteiger partial charge in [0, 0.05) is 25.7 Å². The molecule has 0 radical (unpaired) electrons. The molecule has 6 nitrogen and oxygen atoms in total. The lowest BCUT2D eigenvalue weighted by Crippen LogP contribution is -2.47. The second-order valence-electron chi connectivity index (χ2n) is 11.0. The van der Waals surface area contributed by atoms with Crippen molar-refractivity contribution in [2.24, 2.45) is 17.8 Å². The Hall–Kier alpha value is -2.57. The largest absolute Gasteiger partial charge is 0.493 e. The molecule has 194 valence electrons. The first-order chi connectivity index (χ1) is 17.5. The van der Waals surface area contributed by atoms with Crippen LogP contribution < -0.4 is 14.8 Å². The van der Waals surface area contributed by atoms with E-state index >= 15 is 0 Å². The van der Waals surface area contributed by atoms with E-state index in [0.717, 1.165) is 62.4 Å². The maximum atomic E-state index is 13.2. The Balaban J connectivity index is 1.34. The van der Waals surface area contributed by atoms with Crippen molar-refractivity contribution < 1.29 is 19.0 Å². The summed E-state index contributed by atoms with van der Waals surface area (Å²) in [5, 5.41) is 3.38. The summed E-state index contributed by atoms with van der Waals surface area (Å²) in [6, 6.07) is 12.5. The molecular formula is C30H40N2O4. The molecular weight excluding hydrogens is 452 g/mol. The Morgan fingerprint density at radius 1 is 1.03 bits per heavy atom. The minimum atomic E-state index is -0.370. The van der Waals surface area contributed by atoms with Crippen LogP contribution in [-0.4, -0.2) is 51.3 Å². The zero-order valence-corrected chi connectivity index (χ0v) is 22.1. The van der Waals surface area contributed by atoms with Crippen LogP contribution in [0.2, 0.25) is 0 Å². The van der Waals surface area contributed by atoms with Crippen LogP contribution >= 0.6 is 0 Å². The number of fused-ring (bicyclic) bond motifs is 4. The van der Waals surface area contributed by atoms with Crippen LogP contribution in [0.4, 0.5) is 0 Å². The van der Waals surface area contributed by atoms with Crippen molar-refractivity contribution in [2.75, 3.05) is 40.5 Å². The number of carbonyl (C=O) groups is 1. The summed E-state index contributed by atoms with van der Waals surface area (Å²) in [6.07, 6.45) is 4.10. The molecule has 1 N–H and O–H groups in total. The number of esters is 1. The SMILES string of the molecule is COc1cc2c(cc1OC)[C@H]1C[C@@H](COC(=O)C3NCCc4ccccc43)[C@H](CC(C)C)CN1CC2. The molecule has 3 aliphatic heterocycles. The van der Waals surface area contributed by atoms with Crippen molar-refractivity contribution in [3.8, 4) is 11.5 Å². The van der Waals surface area contributed by atoms with Crippen LogP contribution in [-0.2, 0) is 22.4 Å². The summed E-state index contributed by atoms with van der Waals surface area (Å²) in [7, 11) is 3.39. The monoisotopic (exact) mass is 492 g/mol. The second kappa shape index (κ2) is 10.8. The van der Waals surface area contributed by atoms with Gasteiger partial charge < -0.3 is 19.5 Å². The molecule has 0 aliphatic carbocycles. The molecule has 2 aromatic carbocycles. The van der Waals surface area contributed by atoms with Crippen LogP contribution in [0.25, 0.3) is 0 Å². The van der Waals surface area contributed by atoms with Gasteiger partial charge in [-0.2, -0.15) is 0 Å². The Bertz CT molecular complexity index is 1080. The number of benzene rings is 2. The summed E-state index contributed by atoms with van der Waals surface area (Å²) >= 11 is 0. The molecule has 1 fully saturated rings. The lowest BCUT2D eigenvalue weighted by molar-refractivity contribution is -0.149. The fraction of sp³-hybridized carbons (Fsp3) is 0.567. The third kappa shape index (κ3) is 4.98. The smallest absolute Gasteiger partial charge is 0.327 e. The summed E-state index contributed by atoms with van der Waals surface area (Å²) in [5.74, 6) is 2.88. The molecule has 36 heavy (non-hydrogen) atoms. The fourth-order valence-electron chi connectivity index (χ4n) is 6.57. The van der Waals surface area contributed by atoms with E-state index in [0.29, 0.717) is 30.4 Å². The number of methoxy groups -OCH3 is 2. The molecule has 3 aliphatic rings. The van der Waals surface area contributed by atoms with Gasteiger partial charge in [0.2, 0.25) is 0 Å². The van der Waals surface area contributed by atoms with E-state index in [1.807, 2.05) is 18.2 Å². The summed E-state index contributed by atoms with van der Waals surface area (Å²) in [6.45, 7) is 7.96. The Morgan fingerprint density at radius 2 is 1.81 bits per heavy atom. The van der Waals surface area contributed by atoms with Crippen molar-refractivity contribution in [1.82, 2.24) is 10.2 Å². The van der Waals surface area contributed by atoms with Gasteiger partial charge in [-0.05, 0) is 77.8 Å². The number of rotatable bonds is 7. The molecule has 0 saturated carbocycles. The maximum Gasteiger partial charge on any atom is 0.327 e. The van der Waals surface area contributed by atoms with E-state index in [1.54, 1.807) is 14.2 Å². The molecule has 1 saturated heterocycles. The van der Waals surface area contributed by atoms with E-state index in [2.05, 4.69) is 42.3 Å². The van der Waals surface area contributed by atoms with Gasteiger partial charge in [0.05, 0.1) is 20.8 Å². The van der Waals surface area contributed by atoms with Crippen LogP contribution in [0.5, 0.6) is 11.5 Å². The molecule has 4 atom stereocenters. The van der Waals surface area contributed by atoms with Crippen molar-refractivity contribution in [3.63, 3.8) is 0 Å².